The molecule has 0 N–H and O–H groups in total. The summed E-state index contributed by atoms with van der Waals surface area (Å²) in [4.78, 5) is 37.2. The summed E-state index contributed by atoms with van der Waals surface area (Å²) in [7, 11) is 0. The molecule has 0 aliphatic carbocycles. The number of ether oxygens (including phenoxy) is 9. The van der Waals surface area contributed by atoms with Crippen molar-refractivity contribution in [2.45, 2.75) is 219 Å². The van der Waals surface area contributed by atoms with Gasteiger partial charge in [0.1, 0.15) is 23.4 Å². The molecule has 0 atom stereocenters. The maximum atomic E-state index is 12.4. The zero-order valence-electron chi connectivity index (χ0n) is 62.3. The van der Waals surface area contributed by atoms with Crippen LogP contribution in [0.4, 0.5) is 0 Å². The van der Waals surface area contributed by atoms with Gasteiger partial charge in [0.25, 0.3) is 0 Å². The molecule has 0 saturated carbocycles. The van der Waals surface area contributed by atoms with E-state index in [-0.39, 0.29) is 24.0 Å². The molecular formula is C90H122O12. The van der Waals surface area contributed by atoms with E-state index < -0.39 is 0 Å². The number of benzene rings is 6. The lowest BCUT2D eigenvalue weighted by atomic mass is 10.0. The number of carbonyl (C=O) groups excluding carboxylic acids is 3. The number of hydrogen-bond donors (Lipinski definition) is 0. The van der Waals surface area contributed by atoms with Gasteiger partial charge in [0.2, 0.25) is 0 Å². The van der Waals surface area contributed by atoms with Gasteiger partial charge in [-0.2, -0.15) is 0 Å². The Bertz CT molecular complexity index is 3040. The molecule has 12 heteroatoms. The highest BCUT2D eigenvalue weighted by Gasteiger charge is 2.12. The molecule has 554 valence electrons. The topological polar surface area (TPSA) is 134 Å². The number of esters is 3. The molecule has 6 aromatic carbocycles. The minimum Gasteiger partial charge on any atom is -0.494 e. The molecule has 0 heterocycles. The minimum atomic E-state index is -0.305. The molecule has 0 aliphatic rings. The van der Waals surface area contributed by atoms with E-state index in [0.717, 1.165) is 235 Å². The van der Waals surface area contributed by atoms with Crippen LogP contribution in [0.3, 0.4) is 0 Å². The lowest BCUT2D eigenvalue weighted by molar-refractivity contribution is -0.138. The Labute approximate surface area is 613 Å². The average Bonchev–Trinajstić information content (AvgIpc) is 0.870. The Kier molecular flexibility index (Phi) is 44.7. The highest BCUT2D eigenvalue weighted by atomic mass is 16.6. The van der Waals surface area contributed by atoms with Crippen LogP contribution in [0.15, 0.2) is 164 Å². The van der Waals surface area contributed by atoms with Crippen molar-refractivity contribution in [1.29, 1.82) is 0 Å². The Balaban J connectivity index is 0.765. The molecule has 6 rings (SSSR count). The summed E-state index contributed by atoms with van der Waals surface area (Å²) in [5, 5.41) is 0. The monoisotopic (exact) mass is 1390 g/mol. The van der Waals surface area contributed by atoms with E-state index in [9.17, 15) is 14.4 Å². The van der Waals surface area contributed by atoms with Crippen molar-refractivity contribution in [2.24, 2.45) is 0 Å². The third-order valence-corrected chi connectivity index (χ3v) is 17.9. The van der Waals surface area contributed by atoms with Gasteiger partial charge in [-0.25, -0.2) is 14.4 Å². The molecule has 0 fully saturated rings. The fraction of sp³-hybridized carbons (Fsp3) is 0.500. The maximum Gasteiger partial charge on any atom is 0.330 e. The maximum absolute atomic E-state index is 12.4. The smallest absolute Gasteiger partial charge is 0.330 e. The van der Waals surface area contributed by atoms with Gasteiger partial charge in [0.05, 0.1) is 52.9 Å². The van der Waals surface area contributed by atoms with E-state index in [1.54, 1.807) is 0 Å². The summed E-state index contributed by atoms with van der Waals surface area (Å²) in [6.07, 6.45) is 42.8. The largest absolute Gasteiger partial charge is 0.494 e. The third-order valence-electron chi connectivity index (χ3n) is 17.9. The second kappa shape index (κ2) is 54.9. The number of unbranched alkanes of at least 4 members (excludes halogenated alkanes) is 24. The molecule has 0 radical (unpaired) electrons. The van der Waals surface area contributed by atoms with Crippen molar-refractivity contribution >= 4 is 36.1 Å². The van der Waals surface area contributed by atoms with E-state index in [4.69, 9.17) is 42.6 Å². The van der Waals surface area contributed by atoms with Crippen molar-refractivity contribution < 1.29 is 57.0 Å². The first-order valence-electron chi connectivity index (χ1n) is 39.1. The summed E-state index contributed by atoms with van der Waals surface area (Å²) in [6, 6.07) is 49.1. The standard InChI is InChI=1S/C90H122O12/c1-4-7-66-96-84-55-49-81(50-56-84)78-43-34-75(35-44-78)40-61-88(91)100-70-31-25-19-12-10-16-22-28-64-94-73-87(99-69-30-24-18-14-15-21-27-33-72-102-90(93)63-42-77-38-47-80(48-39-77)83-53-59-86(60-54-83)98-68-9-6-3)74-95-65-29-23-17-11-13-20-26-32-71-101-89(92)62-41-76-36-45-79(46-37-76)82-51-57-85(58-52-82)97-67-8-5-2/h34-63,87H,4-33,64-74H2,1-3H3. The van der Waals surface area contributed by atoms with Gasteiger partial charge in [-0.15, -0.1) is 0 Å². The van der Waals surface area contributed by atoms with Crippen LogP contribution in [0, 0.1) is 0 Å². The van der Waals surface area contributed by atoms with E-state index in [0.29, 0.717) is 39.6 Å². The van der Waals surface area contributed by atoms with Crippen molar-refractivity contribution in [3.8, 4) is 50.6 Å². The molecule has 0 saturated heterocycles. The fourth-order valence-corrected chi connectivity index (χ4v) is 11.6. The Morgan fingerprint density at radius 1 is 0.265 bits per heavy atom. The molecule has 0 bridgehead atoms. The highest BCUT2D eigenvalue weighted by molar-refractivity contribution is 5.88. The Hall–Kier alpha value is -7.77. The number of rotatable bonds is 59. The van der Waals surface area contributed by atoms with Gasteiger partial charge in [-0.05, 0) is 162 Å². The van der Waals surface area contributed by atoms with E-state index in [1.165, 1.54) is 76.0 Å². The second-order valence-corrected chi connectivity index (χ2v) is 26.7. The van der Waals surface area contributed by atoms with Gasteiger partial charge in [0.15, 0.2) is 0 Å². The minimum absolute atomic E-state index is 0.0803. The van der Waals surface area contributed by atoms with Crippen LogP contribution in [0.25, 0.3) is 51.6 Å². The summed E-state index contributed by atoms with van der Waals surface area (Å²) >= 11 is 0. The van der Waals surface area contributed by atoms with Gasteiger partial charge in [-0.3, -0.25) is 0 Å². The third kappa shape index (κ3) is 38.5. The summed E-state index contributed by atoms with van der Waals surface area (Å²) in [5.74, 6) is 1.76. The van der Waals surface area contributed by atoms with Gasteiger partial charge in [0, 0.05) is 38.0 Å². The van der Waals surface area contributed by atoms with Crippen LogP contribution in [0.5, 0.6) is 17.2 Å². The predicted molar refractivity (Wildman–Crippen MR) is 419 cm³/mol. The Morgan fingerprint density at radius 3 is 0.745 bits per heavy atom. The van der Waals surface area contributed by atoms with Crippen LogP contribution in [0.2, 0.25) is 0 Å². The van der Waals surface area contributed by atoms with Crippen LogP contribution in [-0.2, 0) is 42.8 Å². The van der Waals surface area contributed by atoms with Crippen molar-refractivity contribution in [3.05, 3.63) is 181 Å². The zero-order valence-corrected chi connectivity index (χ0v) is 62.3. The zero-order chi connectivity index (χ0) is 71.8. The van der Waals surface area contributed by atoms with Crippen molar-refractivity contribution in [2.75, 3.05) is 72.7 Å². The van der Waals surface area contributed by atoms with Crippen molar-refractivity contribution in [3.63, 3.8) is 0 Å². The van der Waals surface area contributed by atoms with Crippen LogP contribution in [-0.4, -0.2) is 96.7 Å². The molecule has 0 aromatic heterocycles. The molecule has 12 nitrogen and oxygen atoms in total. The molecule has 6 aromatic rings. The fourth-order valence-electron chi connectivity index (χ4n) is 11.6. The van der Waals surface area contributed by atoms with Gasteiger partial charge >= 0.3 is 17.9 Å². The lowest BCUT2D eigenvalue weighted by Gasteiger charge is -2.18. The molecule has 0 spiro atoms. The lowest BCUT2D eigenvalue weighted by Crippen LogP contribution is -2.26. The quantitative estimate of drug-likeness (QED) is 0.0156. The van der Waals surface area contributed by atoms with E-state index in [1.807, 2.05) is 91.0 Å². The second-order valence-electron chi connectivity index (χ2n) is 26.7. The molecule has 0 unspecified atom stereocenters. The van der Waals surface area contributed by atoms with Crippen molar-refractivity contribution in [1.82, 2.24) is 0 Å². The highest BCUT2D eigenvalue weighted by Crippen LogP contribution is 2.27. The summed E-state index contributed by atoms with van der Waals surface area (Å²) in [6.45, 7) is 13.3. The number of carbonyl (C=O) groups is 3. The molecule has 102 heavy (non-hydrogen) atoms. The molecule has 0 aliphatic heterocycles. The van der Waals surface area contributed by atoms with E-state index in [2.05, 4.69) is 93.6 Å². The molecular weight excluding hydrogens is 1270 g/mol. The molecule has 0 amide bonds. The van der Waals surface area contributed by atoms with Crippen LogP contribution in [0.1, 0.15) is 230 Å². The van der Waals surface area contributed by atoms with Crippen LogP contribution < -0.4 is 14.2 Å². The SMILES string of the molecule is CCCCOc1ccc(-c2ccc(C=CC(=O)OCCCCCCCCCCOCC(COCCCCCCCCCCOC(=O)C=Cc3ccc(-c4ccc(OCCCC)cc4)cc3)OCCCCCCCCCCOC(=O)C=Cc3ccc(-c4ccc(OCCCC)cc4)cc3)cc2)cc1. The summed E-state index contributed by atoms with van der Waals surface area (Å²) in [5.41, 5.74) is 9.59. The predicted octanol–water partition coefficient (Wildman–Crippen LogP) is 23.1. The van der Waals surface area contributed by atoms with E-state index >= 15 is 0 Å². The first-order valence-corrected chi connectivity index (χ1v) is 39.1. The Morgan fingerprint density at radius 2 is 0.490 bits per heavy atom. The first-order chi connectivity index (χ1) is 50.3. The first kappa shape index (κ1) is 83.2. The normalized spacial score (nSPS) is 11.8. The van der Waals surface area contributed by atoms with Gasteiger partial charge in [-0.1, -0.05) is 265 Å². The van der Waals surface area contributed by atoms with Crippen LogP contribution >= 0.6 is 0 Å². The average molecular weight is 1400 g/mol. The number of hydrogen-bond acceptors (Lipinski definition) is 12. The van der Waals surface area contributed by atoms with Gasteiger partial charge < -0.3 is 42.6 Å². The summed E-state index contributed by atoms with van der Waals surface area (Å²) < 4.78 is 52.6.